The molecule has 0 fully saturated rings. The molecular formula is C9H8ClNO4. The molecule has 0 aromatic heterocycles. The van der Waals surface area contributed by atoms with E-state index >= 15 is 0 Å². The molecule has 0 spiro atoms. The fourth-order valence-corrected chi connectivity index (χ4v) is 1.32. The quantitative estimate of drug-likeness (QED) is 0.453. The van der Waals surface area contributed by atoms with Crippen molar-refractivity contribution in [3.8, 4) is 0 Å². The van der Waals surface area contributed by atoms with Crippen LogP contribution in [0.5, 0.6) is 0 Å². The molecule has 0 bridgehead atoms. The van der Waals surface area contributed by atoms with Gasteiger partial charge in [0, 0.05) is 6.92 Å². The number of esters is 1. The van der Waals surface area contributed by atoms with Crippen LogP contribution in [0.3, 0.4) is 0 Å². The van der Waals surface area contributed by atoms with Crippen LogP contribution >= 0.6 is 11.6 Å². The van der Waals surface area contributed by atoms with E-state index < -0.39 is 10.9 Å². The zero-order valence-corrected chi connectivity index (χ0v) is 8.65. The molecule has 5 nitrogen and oxygen atoms in total. The van der Waals surface area contributed by atoms with Gasteiger partial charge in [0.1, 0.15) is 11.6 Å². The molecule has 15 heavy (non-hydrogen) atoms. The Hall–Kier alpha value is -1.62. The standard InChI is InChI=1S/C9H8ClNO4/c1-6(12)15-5-7-3-2-4-8(10)9(7)11(13)14/h2-4H,5H2,1H3. The van der Waals surface area contributed by atoms with Crippen molar-refractivity contribution >= 4 is 23.3 Å². The van der Waals surface area contributed by atoms with Crippen molar-refractivity contribution in [1.82, 2.24) is 0 Å². The predicted molar refractivity (Wildman–Crippen MR) is 53.6 cm³/mol. The van der Waals surface area contributed by atoms with Gasteiger partial charge in [-0.05, 0) is 12.1 Å². The highest BCUT2D eigenvalue weighted by molar-refractivity contribution is 6.32. The Bertz CT molecular complexity index is 405. The number of hydrogen-bond donors (Lipinski definition) is 0. The van der Waals surface area contributed by atoms with Crippen LogP contribution in [0.15, 0.2) is 18.2 Å². The molecule has 0 N–H and O–H groups in total. The van der Waals surface area contributed by atoms with E-state index in [9.17, 15) is 14.9 Å². The Balaban J connectivity index is 3.01. The second-order valence-corrected chi connectivity index (χ2v) is 3.19. The minimum Gasteiger partial charge on any atom is -0.461 e. The minimum atomic E-state index is -0.596. The third kappa shape index (κ3) is 2.92. The van der Waals surface area contributed by atoms with Crippen LogP contribution in [0.25, 0.3) is 0 Å². The van der Waals surface area contributed by atoms with Gasteiger partial charge >= 0.3 is 5.97 Å². The largest absolute Gasteiger partial charge is 0.461 e. The molecule has 0 aliphatic carbocycles. The Morgan fingerprint density at radius 3 is 2.80 bits per heavy atom. The Morgan fingerprint density at radius 1 is 1.60 bits per heavy atom. The van der Waals surface area contributed by atoms with E-state index in [1.54, 1.807) is 6.07 Å². The number of benzene rings is 1. The Morgan fingerprint density at radius 2 is 2.27 bits per heavy atom. The first-order chi connectivity index (χ1) is 7.02. The number of halogens is 1. The van der Waals surface area contributed by atoms with Gasteiger partial charge in [0.15, 0.2) is 0 Å². The average Bonchev–Trinajstić information content (AvgIpc) is 2.13. The SMILES string of the molecule is CC(=O)OCc1cccc(Cl)c1[N+](=O)[O-]. The zero-order chi connectivity index (χ0) is 11.4. The number of ether oxygens (including phenoxy) is 1. The molecule has 0 aliphatic rings. The number of nitro groups is 1. The number of carbonyl (C=O) groups is 1. The smallest absolute Gasteiger partial charge is 0.302 e. The highest BCUT2D eigenvalue weighted by atomic mass is 35.5. The van der Waals surface area contributed by atoms with Crippen molar-refractivity contribution in [2.45, 2.75) is 13.5 Å². The number of nitro benzene ring substituents is 1. The van der Waals surface area contributed by atoms with Crippen molar-refractivity contribution in [2.75, 3.05) is 0 Å². The van der Waals surface area contributed by atoms with E-state index in [4.69, 9.17) is 11.6 Å². The summed E-state index contributed by atoms with van der Waals surface area (Å²) in [6, 6.07) is 4.47. The van der Waals surface area contributed by atoms with Gasteiger partial charge in [-0.15, -0.1) is 0 Å². The predicted octanol–water partition coefficient (Wildman–Crippen LogP) is 2.31. The summed E-state index contributed by atoms with van der Waals surface area (Å²) in [5, 5.41) is 10.7. The monoisotopic (exact) mass is 229 g/mol. The molecule has 1 rings (SSSR count). The van der Waals surface area contributed by atoms with Gasteiger partial charge in [-0.1, -0.05) is 17.7 Å². The van der Waals surface area contributed by atoms with Gasteiger partial charge in [0.2, 0.25) is 0 Å². The van der Waals surface area contributed by atoms with Crippen molar-refractivity contribution in [3.63, 3.8) is 0 Å². The third-order valence-electron chi connectivity index (χ3n) is 1.68. The Kier molecular flexibility index (Phi) is 3.62. The zero-order valence-electron chi connectivity index (χ0n) is 7.90. The number of nitrogens with zero attached hydrogens (tertiary/aromatic N) is 1. The van der Waals surface area contributed by atoms with Gasteiger partial charge in [-0.2, -0.15) is 0 Å². The maximum atomic E-state index is 10.7. The lowest BCUT2D eigenvalue weighted by Gasteiger charge is -2.04. The van der Waals surface area contributed by atoms with Gasteiger partial charge in [-0.3, -0.25) is 14.9 Å². The first kappa shape index (κ1) is 11.5. The minimum absolute atomic E-state index is 0.0321. The summed E-state index contributed by atoms with van der Waals surface area (Å²) in [7, 11) is 0. The summed E-state index contributed by atoms with van der Waals surface area (Å²) in [6.07, 6.45) is 0. The fourth-order valence-electron chi connectivity index (χ4n) is 1.06. The van der Waals surface area contributed by atoms with Crippen LogP contribution in [-0.2, 0) is 16.1 Å². The highest BCUT2D eigenvalue weighted by Gasteiger charge is 2.18. The highest BCUT2D eigenvalue weighted by Crippen LogP contribution is 2.28. The molecule has 0 unspecified atom stereocenters. The van der Waals surface area contributed by atoms with E-state index in [0.29, 0.717) is 0 Å². The van der Waals surface area contributed by atoms with Crippen molar-refractivity contribution in [2.24, 2.45) is 0 Å². The molecule has 80 valence electrons. The van der Waals surface area contributed by atoms with Crippen molar-refractivity contribution in [3.05, 3.63) is 38.9 Å². The summed E-state index contributed by atoms with van der Waals surface area (Å²) in [4.78, 5) is 20.6. The lowest BCUT2D eigenvalue weighted by molar-refractivity contribution is -0.385. The average molecular weight is 230 g/mol. The van der Waals surface area contributed by atoms with Gasteiger partial charge in [-0.25, -0.2) is 0 Å². The van der Waals surface area contributed by atoms with Gasteiger partial charge < -0.3 is 4.74 Å². The summed E-state index contributed by atoms with van der Waals surface area (Å²) in [6.45, 7) is 1.09. The number of rotatable bonds is 3. The summed E-state index contributed by atoms with van der Waals surface area (Å²) in [5.74, 6) is -0.496. The van der Waals surface area contributed by atoms with Crippen LogP contribution in [0.2, 0.25) is 5.02 Å². The maximum Gasteiger partial charge on any atom is 0.302 e. The topological polar surface area (TPSA) is 69.4 Å². The summed E-state index contributed by atoms with van der Waals surface area (Å²) in [5.41, 5.74) is 0.0584. The number of carbonyl (C=O) groups excluding carboxylic acids is 1. The van der Waals surface area contributed by atoms with Crippen LogP contribution in [0.4, 0.5) is 5.69 Å². The number of hydrogen-bond acceptors (Lipinski definition) is 4. The lowest BCUT2D eigenvalue weighted by atomic mass is 10.2. The molecule has 1 aromatic rings. The first-order valence-corrected chi connectivity index (χ1v) is 4.45. The van der Waals surface area contributed by atoms with E-state index in [1.165, 1.54) is 19.1 Å². The van der Waals surface area contributed by atoms with E-state index in [1.807, 2.05) is 0 Å². The van der Waals surface area contributed by atoms with Crippen molar-refractivity contribution in [1.29, 1.82) is 0 Å². The fraction of sp³-hybridized carbons (Fsp3) is 0.222. The van der Waals surface area contributed by atoms with Crippen LogP contribution in [0, 0.1) is 10.1 Å². The number of para-hydroxylation sites is 1. The molecule has 0 heterocycles. The second-order valence-electron chi connectivity index (χ2n) is 2.78. The van der Waals surface area contributed by atoms with E-state index in [-0.39, 0.29) is 22.9 Å². The molecule has 0 amide bonds. The van der Waals surface area contributed by atoms with Gasteiger partial charge in [0.05, 0.1) is 10.5 Å². The first-order valence-electron chi connectivity index (χ1n) is 4.07. The van der Waals surface area contributed by atoms with Crippen LogP contribution in [-0.4, -0.2) is 10.9 Å². The maximum absolute atomic E-state index is 10.7. The molecule has 1 aromatic carbocycles. The second kappa shape index (κ2) is 4.75. The Labute approximate surface area is 90.8 Å². The lowest BCUT2D eigenvalue weighted by Crippen LogP contribution is -2.02. The summed E-state index contributed by atoms with van der Waals surface area (Å²) >= 11 is 5.66. The molecule has 0 saturated carbocycles. The summed E-state index contributed by atoms with van der Waals surface area (Å²) < 4.78 is 4.67. The molecule has 0 aliphatic heterocycles. The molecule has 0 atom stereocenters. The molecule has 0 saturated heterocycles. The normalized spacial score (nSPS) is 9.73. The van der Waals surface area contributed by atoms with E-state index in [2.05, 4.69) is 4.74 Å². The molecular weight excluding hydrogens is 222 g/mol. The van der Waals surface area contributed by atoms with Crippen molar-refractivity contribution < 1.29 is 14.5 Å². The van der Waals surface area contributed by atoms with E-state index in [0.717, 1.165) is 0 Å². The van der Waals surface area contributed by atoms with Crippen LogP contribution in [0.1, 0.15) is 12.5 Å². The molecule has 0 radical (unpaired) electrons. The third-order valence-corrected chi connectivity index (χ3v) is 1.99. The van der Waals surface area contributed by atoms with Crippen LogP contribution < -0.4 is 0 Å². The molecule has 6 heteroatoms. The van der Waals surface area contributed by atoms with Gasteiger partial charge in [0.25, 0.3) is 5.69 Å².